The highest BCUT2D eigenvalue weighted by atomic mass is 16.5. The van der Waals surface area contributed by atoms with Gasteiger partial charge in [-0.1, -0.05) is 0 Å². The lowest BCUT2D eigenvalue weighted by Crippen LogP contribution is -2.51. The highest BCUT2D eigenvalue weighted by Crippen LogP contribution is 2.12. The van der Waals surface area contributed by atoms with Crippen LogP contribution in [0.4, 0.5) is 4.79 Å². The Morgan fingerprint density at radius 2 is 1.89 bits per heavy atom. The number of rotatable bonds is 7. The van der Waals surface area contributed by atoms with Gasteiger partial charge in [-0.15, -0.1) is 0 Å². The zero-order chi connectivity index (χ0) is 15.1. The summed E-state index contributed by atoms with van der Waals surface area (Å²) in [5.74, 6) is -1.41. The van der Waals surface area contributed by atoms with Gasteiger partial charge in [0.25, 0.3) is 0 Å². The zero-order valence-corrected chi connectivity index (χ0v) is 11.6. The monoisotopic (exact) mass is 275 g/mol. The van der Waals surface area contributed by atoms with E-state index < -0.39 is 23.5 Å². The standard InChI is InChI=1S/C11H21N3O5/c1-11(2,9(17)12-3)6-13-10(18)14-7(5-19-4)8(15)16/h7H,5-6H2,1-4H3,(H,12,17)(H,15,16)(H2,13,14,18). The summed E-state index contributed by atoms with van der Waals surface area (Å²) in [6.45, 7) is 3.27. The van der Waals surface area contributed by atoms with Gasteiger partial charge in [0.1, 0.15) is 0 Å². The second-order valence-corrected chi connectivity index (χ2v) is 4.64. The van der Waals surface area contributed by atoms with Gasteiger partial charge in [-0.05, 0) is 13.8 Å². The summed E-state index contributed by atoms with van der Waals surface area (Å²) >= 11 is 0. The number of hydrogen-bond acceptors (Lipinski definition) is 4. The Hall–Kier alpha value is -1.83. The summed E-state index contributed by atoms with van der Waals surface area (Å²) in [6.07, 6.45) is 0. The molecule has 0 aliphatic carbocycles. The summed E-state index contributed by atoms with van der Waals surface area (Å²) in [5, 5.41) is 16.0. The molecule has 0 saturated heterocycles. The van der Waals surface area contributed by atoms with Crippen molar-refractivity contribution in [3.63, 3.8) is 0 Å². The normalized spacial score (nSPS) is 12.4. The van der Waals surface area contributed by atoms with Crippen molar-refractivity contribution in [2.24, 2.45) is 5.41 Å². The molecule has 0 rings (SSSR count). The van der Waals surface area contributed by atoms with Crippen molar-refractivity contribution in [2.45, 2.75) is 19.9 Å². The van der Waals surface area contributed by atoms with Crippen LogP contribution in [-0.4, -0.2) is 56.4 Å². The molecule has 3 amide bonds. The summed E-state index contributed by atoms with van der Waals surface area (Å²) in [6, 6.07) is -1.80. The molecule has 4 N–H and O–H groups in total. The van der Waals surface area contributed by atoms with Gasteiger partial charge < -0.3 is 25.8 Å². The zero-order valence-electron chi connectivity index (χ0n) is 11.6. The first-order valence-corrected chi connectivity index (χ1v) is 5.73. The van der Waals surface area contributed by atoms with Gasteiger partial charge in [0.2, 0.25) is 5.91 Å². The van der Waals surface area contributed by atoms with Crippen LogP contribution in [0.1, 0.15) is 13.8 Å². The predicted octanol–water partition coefficient (Wildman–Crippen LogP) is -0.843. The number of carboxylic acid groups (broad SMARTS) is 1. The highest BCUT2D eigenvalue weighted by molar-refractivity contribution is 5.84. The van der Waals surface area contributed by atoms with Gasteiger partial charge in [0.05, 0.1) is 12.0 Å². The van der Waals surface area contributed by atoms with E-state index in [1.165, 1.54) is 14.2 Å². The van der Waals surface area contributed by atoms with E-state index in [4.69, 9.17) is 5.11 Å². The molecule has 0 aromatic carbocycles. The third kappa shape index (κ3) is 6.05. The molecule has 0 aliphatic heterocycles. The molecule has 0 aromatic rings. The van der Waals surface area contributed by atoms with Crippen molar-refractivity contribution in [1.82, 2.24) is 16.0 Å². The molecule has 1 atom stereocenters. The maximum atomic E-state index is 11.5. The van der Waals surface area contributed by atoms with E-state index in [1.54, 1.807) is 13.8 Å². The van der Waals surface area contributed by atoms with Gasteiger partial charge in [-0.3, -0.25) is 4.79 Å². The molecule has 0 bridgehead atoms. The second kappa shape index (κ2) is 7.57. The van der Waals surface area contributed by atoms with Crippen LogP contribution in [0.5, 0.6) is 0 Å². The first-order chi connectivity index (χ1) is 8.74. The van der Waals surface area contributed by atoms with Crippen LogP contribution in [0.25, 0.3) is 0 Å². The van der Waals surface area contributed by atoms with Crippen LogP contribution in [-0.2, 0) is 14.3 Å². The number of carboxylic acids is 1. The summed E-state index contributed by atoms with van der Waals surface area (Å²) in [7, 11) is 2.84. The number of amides is 3. The van der Waals surface area contributed by atoms with Gasteiger partial charge in [-0.2, -0.15) is 0 Å². The molecular weight excluding hydrogens is 254 g/mol. The van der Waals surface area contributed by atoms with Crippen molar-refractivity contribution >= 4 is 17.9 Å². The number of carbonyl (C=O) groups is 3. The number of urea groups is 1. The van der Waals surface area contributed by atoms with Crippen molar-refractivity contribution in [3.8, 4) is 0 Å². The maximum Gasteiger partial charge on any atom is 0.328 e. The molecule has 0 aromatic heterocycles. The molecule has 0 radical (unpaired) electrons. The molecule has 0 heterocycles. The Labute approximate surface area is 111 Å². The average molecular weight is 275 g/mol. The third-order valence-electron chi connectivity index (χ3n) is 2.47. The Kier molecular flexibility index (Phi) is 6.84. The Morgan fingerprint density at radius 1 is 1.32 bits per heavy atom. The van der Waals surface area contributed by atoms with E-state index in [0.717, 1.165) is 0 Å². The first kappa shape index (κ1) is 17.2. The number of carbonyl (C=O) groups excluding carboxylic acids is 2. The van der Waals surface area contributed by atoms with E-state index in [1.807, 2.05) is 0 Å². The minimum Gasteiger partial charge on any atom is -0.480 e. The lowest BCUT2D eigenvalue weighted by atomic mass is 9.92. The van der Waals surface area contributed by atoms with Crippen LogP contribution in [0.2, 0.25) is 0 Å². The molecule has 0 aliphatic rings. The van der Waals surface area contributed by atoms with Crippen molar-refractivity contribution in [2.75, 3.05) is 27.3 Å². The Bertz CT molecular complexity index is 343. The maximum absolute atomic E-state index is 11.5. The topological polar surface area (TPSA) is 117 Å². The highest BCUT2D eigenvalue weighted by Gasteiger charge is 2.28. The molecule has 1 unspecified atom stereocenters. The lowest BCUT2D eigenvalue weighted by Gasteiger charge is -2.23. The Balaban J connectivity index is 4.31. The van der Waals surface area contributed by atoms with Crippen molar-refractivity contribution in [1.29, 1.82) is 0 Å². The molecule has 0 spiro atoms. The third-order valence-corrected chi connectivity index (χ3v) is 2.47. The molecule has 8 nitrogen and oxygen atoms in total. The molecule has 0 fully saturated rings. The second-order valence-electron chi connectivity index (χ2n) is 4.64. The Morgan fingerprint density at radius 3 is 2.32 bits per heavy atom. The quantitative estimate of drug-likeness (QED) is 0.483. The van der Waals surface area contributed by atoms with Crippen LogP contribution in [0.3, 0.4) is 0 Å². The van der Waals surface area contributed by atoms with Gasteiger partial charge in [-0.25, -0.2) is 9.59 Å². The van der Waals surface area contributed by atoms with E-state index in [0.29, 0.717) is 0 Å². The molecular formula is C11H21N3O5. The first-order valence-electron chi connectivity index (χ1n) is 5.73. The average Bonchev–Trinajstić information content (AvgIpc) is 2.34. The SMILES string of the molecule is CNC(=O)C(C)(C)CNC(=O)NC(COC)C(=O)O. The fourth-order valence-corrected chi connectivity index (χ4v) is 1.27. The fourth-order valence-electron chi connectivity index (χ4n) is 1.27. The van der Waals surface area contributed by atoms with Crippen LogP contribution >= 0.6 is 0 Å². The minimum absolute atomic E-state index is 0.0812. The van der Waals surface area contributed by atoms with Crippen molar-refractivity contribution < 1.29 is 24.2 Å². The smallest absolute Gasteiger partial charge is 0.328 e. The van der Waals surface area contributed by atoms with E-state index >= 15 is 0 Å². The van der Waals surface area contributed by atoms with E-state index in [2.05, 4.69) is 20.7 Å². The summed E-state index contributed by atoms with van der Waals surface area (Å²) < 4.78 is 4.68. The van der Waals surface area contributed by atoms with Crippen LogP contribution < -0.4 is 16.0 Å². The van der Waals surface area contributed by atoms with Crippen LogP contribution in [0, 0.1) is 5.41 Å². The fraction of sp³-hybridized carbons (Fsp3) is 0.727. The van der Waals surface area contributed by atoms with Gasteiger partial charge >= 0.3 is 12.0 Å². The predicted molar refractivity (Wildman–Crippen MR) is 67.7 cm³/mol. The number of hydrogen-bond donors (Lipinski definition) is 4. The van der Waals surface area contributed by atoms with E-state index in [9.17, 15) is 14.4 Å². The number of methoxy groups -OCH3 is 1. The summed E-state index contributed by atoms with van der Waals surface area (Å²) in [4.78, 5) is 33.8. The molecule has 8 heteroatoms. The number of nitrogens with one attached hydrogen (secondary N) is 3. The van der Waals surface area contributed by atoms with Crippen molar-refractivity contribution in [3.05, 3.63) is 0 Å². The molecule has 19 heavy (non-hydrogen) atoms. The summed E-state index contributed by atoms with van der Waals surface area (Å²) in [5.41, 5.74) is -0.786. The van der Waals surface area contributed by atoms with Crippen LogP contribution in [0.15, 0.2) is 0 Å². The van der Waals surface area contributed by atoms with Gasteiger partial charge in [0, 0.05) is 20.7 Å². The number of ether oxygens (including phenoxy) is 1. The number of aliphatic carboxylic acids is 1. The molecule has 0 saturated carbocycles. The van der Waals surface area contributed by atoms with Gasteiger partial charge in [0.15, 0.2) is 6.04 Å². The lowest BCUT2D eigenvalue weighted by molar-refractivity contribution is -0.140. The minimum atomic E-state index is -1.19. The largest absolute Gasteiger partial charge is 0.480 e. The molecule has 110 valence electrons. The van der Waals surface area contributed by atoms with E-state index in [-0.39, 0.29) is 19.1 Å².